The van der Waals surface area contributed by atoms with Gasteiger partial charge in [0.15, 0.2) is 0 Å². The second-order valence-electron chi connectivity index (χ2n) is 3.34. The summed E-state index contributed by atoms with van der Waals surface area (Å²) in [6.45, 7) is 0. The van der Waals surface area contributed by atoms with Crippen LogP contribution in [0.1, 0.15) is 0 Å². The van der Waals surface area contributed by atoms with E-state index in [0.717, 1.165) is 0 Å². The Labute approximate surface area is 90.2 Å². The molecular weight excluding hydrogens is 266 g/mol. The Morgan fingerprint density at radius 2 is 1.18 bits per heavy atom. The third-order valence-electron chi connectivity index (χ3n) is 1.71. The number of carbonyl (C=O) groups is 1. The summed E-state index contributed by atoms with van der Waals surface area (Å²) in [4.78, 5) is 10.6. The lowest BCUT2D eigenvalue weighted by Gasteiger charge is -2.30. The first-order valence-electron chi connectivity index (χ1n) is 3.95. The Kier molecular flexibility index (Phi) is 4.02. The van der Waals surface area contributed by atoms with Crippen LogP contribution in [0.4, 0.5) is 35.1 Å². The van der Waals surface area contributed by atoms with E-state index in [1.54, 1.807) is 0 Å². The van der Waals surface area contributed by atoms with E-state index in [4.69, 9.17) is 0 Å². The minimum absolute atomic E-state index is 0.0372. The molecule has 0 saturated heterocycles. The largest absolute Gasteiger partial charge is 0.406 e. The summed E-state index contributed by atoms with van der Waals surface area (Å²) in [5, 5.41) is 0. The van der Waals surface area contributed by atoms with Gasteiger partial charge in [0, 0.05) is 14.1 Å². The first-order chi connectivity index (χ1) is 7.22. The molecule has 0 aliphatic carbocycles. The Morgan fingerprint density at radius 1 is 0.882 bits per heavy atom. The van der Waals surface area contributed by atoms with Crippen molar-refractivity contribution >= 4 is 5.91 Å². The lowest BCUT2D eigenvalue weighted by atomic mass is 9.99. The summed E-state index contributed by atoms with van der Waals surface area (Å²) in [6.07, 6.45) is -12.5. The predicted molar refractivity (Wildman–Crippen MR) is 39.2 cm³/mol. The summed E-state index contributed by atoms with van der Waals surface area (Å²) >= 11 is 0. The second-order valence-corrected chi connectivity index (χ2v) is 3.34. The Morgan fingerprint density at radius 3 is 1.35 bits per heavy atom. The molecule has 0 aromatic heterocycles. The number of hydrogen-bond donors (Lipinski definition) is 0. The van der Waals surface area contributed by atoms with Gasteiger partial charge < -0.3 is 4.90 Å². The van der Waals surface area contributed by atoms with Gasteiger partial charge in [-0.2, -0.15) is 35.1 Å². The fourth-order valence-corrected chi connectivity index (χ4v) is 1.02. The van der Waals surface area contributed by atoms with Crippen LogP contribution in [0, 0.1) is 5.92 Å². The summed E-state index contributed by atoms with van der Waals surface area (Å²) in [7, 11) is 1.25. The molecule has 0 aromatic rings. The second kappa shape index (κ2) is 4.30. The zero-order valence-electron chi connectivity index (χ0n) is 8.46. The average Bonchev–Trinajstić information content (AvgIpc) is 1.95. The maximum absolute atomic E-state index is 12.9. The van der Waals surface area contributed by atoms with Crippen LogP contribution in [0.25, 0.3) is 0 Å². The third-order valence-corrected chi connectivity index (χ3v) is 1.71. The summed E-state index contributed by atoms with van der Waals surface area (Å²) in [6, 6.07) is 0. The fourth-order valence-electron chi connectivity index (χ4n) is 1.02. The molecular formula is C7H7F8NO. The molecule has 0 radical (unpaired) electrons. The molecule has 0 aromatic carbocycles. The molecule has 0 unspecified atom stereocenters. The predicted octanol–water partition coefficient (Wildman–Crippen LogP) is 2.45. The maximum Gasteiger partial charge on any atom is 0.406 e. The van der Waals surface area contributed by atoms with Crippen molar-refractivity contribution in [3.8, 4) is 0 Å². The van der Waals surface area contributed by atoms with E-state index in [2.05, 4.69) is 0 Å². The summed E-state index contributed by atoms with van der Waals surface area (Å²) in [5.74, 6) is -13.2. The summed E-state index contributed by atoms with van der Waals surface area (Å²) < 4.78 is 97.6. The van der Waals surface area contributed by atoms with Crippen LogP contribution in [0.5, 0.6) is 0 Å². The van der Waals surface area contributed by atoms with E-state index in [0.29, 0.717) is 14.1 Å². The molecule has 102 valence electrons. The highest BCUT2D eigenvalue weighted by Crippen LogP contribution is 2.48. The van der Waals surface area contributed by atoms with E-state index in [-0.39, 0.29) is 4.90 Å². The Hall–Kier alpha value is -1.09. The number of amides is 1. The van der Waals surface area contributed by atoms with Crippen molar-refractivity contribution in [3.63, 3.8) is 0 Å². The highest BCUT2D eigenvalue weighted by Gasteiger charge is 2.71. The van der Waals surface area contributed by atoms with Gasteiger partial charge in [-0.15, -0.1) is 0 Å². The Balaban J connectivity index is 5.57. The highest BCUT2D eigenvalue weighted by atomic mass is 19.4. The molecule has 0 fully saturated rings. The minimum atomic E-state index is -6.27. The number of hydrogen-bond acceptors (Lipinski definition) is 1. The van der Waals surface area contributed by atoms with Crippen LogP contribution in [-0.4, -0.2) is 43.2 Å². The van der Waals surface area contributed by atoms with E-state index in [1.165, 1.54) is 0 Å². The van der Waals surface area contributed by atoms with Crippen LogP contribution in [0.3, 0.4) is 0 Å². The SMILES string of the molecule is CN(C)C(=O)C(F)(F)C(C(F)(F)F)C(F)(F)F. The standard InChI is InChI=1S/C7H7F8NO/c1-16(2)4(17)5(8,9)3(6(10,11)12)7(13,14)15/h3H,1-2H3. The maximum atomic E-state index is 12.9. The fraction of sp³-hybridized carbons (Fsp3) is 0.857. The van der Waals surface area contributed by atoms with Gasteiger partial charge in [-0.3, -0.25) is 4.79 Å². The third kappa shape index (κ3) is 3.43. The lowest BCUT2D eigenvalue weighted by molar-refractivity contribution is -0.331. The van der Waals surface area contributed by atoms with Crippen molar-refractivity contribution in [1.29, 1.82) is 0 Å². The molecule has 0 rings (SSSR count). The van der Waals surface area contributed by atoms with E-state index < -0.39 is 30.1 Å². The van der Waals surface area contributed by atoms with Gasteiger partial charge in [-0.25, -0.2) is 0 Å². The van der Waals surface area contributed by atoms with Crippen LogP contribution in [-0.2, 0) is 4.79 Å². The van der Waals surface area contributed by atoms with Crippen molar-refractivity contribution < 1.29 is 39.9 Å². The van der Waals surface area contributed by atoms with E-state index >= 15 is 0 Å². The number of carbonyl (C=O) groups excluding carboxylic acids is 1. The highest BCUT2D eigenvalue weighted by molar-refractivity contribution is 5.83. The van der Waals surface area contributed by atoms with Gasteiger partial charge in [0.2, 0.25) is 5.92 Å². The topological polar surface area (TPSA) is 20.3 Å². The molecule has 0 spiro atoms. The Bertz CT molecular complexity index is 277. The first kappa shape index (κ1) is 15.9. The molecule has 0 N–H and O–H groups in total. The van der Waals surface area contributed by atoms with E-state index in [9.17, 15) is 39.9 Å². The van der Waals surface area contributed by atoms with Gasteiger partial charge in [-0.05, 0) is 0 Å². The van der Waals surface area contributed by atoms with Gasteiger partial charge in [0.05, 0.1) is 0 Å². The number of nitrogens with zero attached hydrogens (tertiary/aromatic N) is 1. The number of rotatable bonds is 2. The van der Waals surface area contributed by atoms with E-state index in [1.807, 2.05) is 0 Å². The molecule has 0 aliphatic heterocycles. The van der Waals surface area contributed by atoms with Crippen LogP contribution < -0.4 is 0 Å². The molecule has 0 atom stereocenters. The van der Waals surface area contributed by atoms with Crippen molar-refractivity contribution in [2.75, 3.05) is 14.1 Å². The van der Waals surface area contributed by atoms with Crippen molar-refractivity contribution in [2.24, 2.45) is 5.92 Å². The average molecular weight is 273 g/mol. The van der Waals surface area contributed by atoms with Crippen molar-refractivity contribution in [3.05, 3.63) is 0 Å². The molecule has 1 amide bonds. The minimum Gasteiger partial charge on any atom is -0.344 e. The van der Waals surface area contributed by atoms with Crippen molar-refractivity contribution in [1.82, 2.24) is 4.90 Å². The number of halogens is 8. The molecule has 0 bridgehead atoms. The normalized spacial score (nSPS) is 14.1. The van der Waals surface area contributed by atoms with Crippen LogP contribution in [0.15, 0.2) is 0 Å². The monoisotopic (exact) mass is 273 g/mol. The summed E-state index contributed by atoms with van der Waals surface area (Å²) in [5.41, 5.74) is 0. The van der Waals surface area contributed by atoms with Crippen LogP contribution in [0.2, 0.25) is 0 Å². The van der Waals surface area contributed by atoms with Crippen molar-refractivity contribution in [2.45, 2.75) is 18.3 Å². The molecule has 17 heavy (non-hydrogen) atoms. The zero-order valence-corrected chi connectivity index (χ0v) is 8.46. The molecule has 0 aliphatic rings. The molecule has 10 heteroatoms. The smallest absolute Gasteiger partial charge is 0.344 e. The van der Waals surface area contributed by atoms with Gasteiger partial charge >= 0.3 is 18.3 Å². The molecule has 0 saturated carbocycles. The van der Waals surface area contributed by atoms with Gasteiger partial charge in [0.1, 0.15) is 0 Å². The lowest BCUT2D eigenvalue weighted by Crippen LogP contribution is -2.55. The first-order valence-corrected chi connectivity index (χ1v) is 3.95. The molecule has 0 heterocycles. The van der Waals surface area contributed by atoms with Gasteiger partial charge in [-0.1, -0.05) is 0 Å². The van der Waals surface area contributed by atoms with Gasteiger partial charge in [0.25, 0.3) is 5.91 Å². The quantitative estimate of drug-likeness (QED) is 0.708. The molecule has 2 nitrogen and oxygen atoms in total. The zero-order chi connectivity index (χ0) is 14.2. The number of alkyl halides is 8. The van der Waals surface area contributed by atoms with Crippen LogP contribution >= 0.6 is 0 Å².